The Labute approximate surface area is 174 Å². The van der Waals surface area contributed by atoms with Crippen molar-refractivity contribution in [1.29, 1.82) is 0 Å². The van der Waals surface area contributed by atoms with Gasteiger partial charge >= 0.3 is 5.97 Å². The van der Waals surface area contributed by atoms with Crippen LogP contribution >= 0.6 is 27.3 Å². The molecule has 2 aromatic heterocycles. The fourth-order valence-electron chi connectivity index (χ4n) is 2.79. The van der Waals surface area contributed by atoms with Crippen LogP contribution in [0.2, 0.25) is 0 Å². The normalized spacial score (nSPS) is 11.7. The van der Waals surface area contributed by atoms with Gasteiger partial charge in [0, 0.05) is 14.9 Å². The molecule has 3 aromatic rings. The van der Waals surface area contributed by atoms with Crippen LogP contribution in [0.5, 0.6) is 5.75 Å². The lowest BCUT2D eigenvalue weighted by molar-refractivity contribution is -0.136. The van der Waals surface area contributed by atoms with Crippen molar-refractivity contribution in [3.63, 3.8) is 0 Å². The second-order valence-electron chi connectivity index (χ2n) is 6.04. The number of carbonyl (C=O) groups is 1. The maximum absolute atomic E-state index is 12.7. The predicted molar refractivity (Wildman–Crippen MR) is 115 cm³/mol. The van der Waals surface area contributed by atoms with Gasteiger partial charge in [0.15, 0.2) is 0 Å². The van der Waals surface area contributed by atoms with Gasteiger partial charge in [0.05, 0.1) is 19.1 Å². The predicted octanol–water partition coefficient (Wildman–Crippen LogP) is 4.48. The van der Waals surface area contributed by atoms with Crippen LogP contribution in [0.4, 0.5) is 0 Å². The molecule has 0 aliphatic rings. The fraction of sp³-hybridized carbons (Fsp3) is 0.250. The van der Waals surface area contributed by atoms with E-state index in [2.05, 4.69) is 25.9 Å². The van der Waals surface area contributed by atoms with Crippen molar-refractivity contribution in [3.05, 3.63) is 54.9 Å². The Morgan fingerprint density at radius 3 is 2.79 bits per heavy atom. The number of hydrogen-bond donors (Lipinski definition) is 1. The highest BCUT2D eigenvalue weighted by atomic mass is 79.9. The van der Waals surface area contributed by atoms with Crippen LogP contribution in [0.1, 0.15) is 28.8 Å². The van der Waals surface area contributed by atoms with Crippen LogP contribution in [-0.2, 0) is 9.53 Å². The lowest BCUT2D eigenvalue weighted by Crippen LogP contribution is -2.15. The number of aromatic amines is 1. The summed E-state index contributed by atoms with van der Waals surface area (Å²) < 4.78 is 11.4. The van der Waals surface area contributed by atoms with Gasteiger partial charge < -0.3 is 14.5 Å². The molecule has 28 heavy (non-hydrogen) atoms. The van der Waals surface area contributed by atoms with E-state index in [1.54, 1.807) is 26.2 Å². The van der Waals surface area contributed by atoms with Crippen molar-refractivity contribution in [2.75, 3.05) is 13.7 Å². The summed E-state index contributed by atoms with van der Waals surface area (Å²) >= 11 is 4.84. The third kappa shape index (κ3) is 3.88. The zero-order chi connectivity index (χ0) is 20.4. The number of carbonyl (C=O) groups excluding carboxylic acids is 1. The van der Waals surface area contributed by atoms with Gasteiger partial charge in [0.2, 0.25) is 0 Å². The number of halogens is 1. The molecule has 0 bridgehead atoms. The number of aromatic nitrogens is 2. The zero-order valence-corrected chi connectivity index (χ0v) is 18.3. The summed E-state index contributed by atoms with van der Waals surface area (Å²) in [4.78, 5) is 34.2. The molecule has 0 amide bonds. The molecule has 146 valence electrons. The second-order valence-corrected chi connectivity index (χ2v) is 8.16. The Bertz CT molecular complexity index is 1150. The third-order valence-corrected chi connectivity index (χ3v) is 5.88. The molecule has 8 heteroatoms. The average molecular weight is 463 g/mol. The number of methoxy groups -OCH3 is 1. The molecule has 0 unspecified atom stereocenters. The topological polar surface area (TPSA) is 81.3 Å². The Morgan fingerprint density at radius 1 is 1.36 bits per heavy atom. The molecule has 0 fully saturated rings. The summed E-state index contributed by atoms with van der Waals surface area (Å²) in [5, 5.41) is 0.550. The Hall–Kier alpha value is -2.45. The van der Waals surface area contributed by atoms with Gasteiger partial charge in [-0.2, -0.15) is 0 Å². The molecule has 1 N–H and O–H groups in total. The molecule has 0 aliphatic heterocycles. The largest absolute Gasteiger partial charge is 0.496 e. The van der Waals surface area contributed by atoms with Gasteiger partial charge in [0.25, 0.3) is 5.56 Å². The fourth-order valence-corrected chi connectivity index (χ4v) is 4.20. The molecule has 0 spiro atoms. The number of ether oxygens (including phenoxy) is 2. The maximum Gasteiger partial charge on any atom is 0.341 e. The summed E-state index contributed by atoms with van der Waals surface area (Å²) in [7, 11) is 1.55. The van der Waals surface area contributed by atoms with Crippen molar-refractivity contribution in [2.45, 2.75) is 20.8 Å². The first kappa shape index (κ1) is 20.3. The minimum Gasteiger partial charge on any atom is -0.496 e. The number of benzene rings is 1. The minimum atomic E-state index is -0.572. The van der Waals surface area contributed by atoms with E-state index < -0.39 is 5.97 Å². The highest BCUT2D eigenvalue weighted by Gasteiger charge is 2.20. The van der Waals surface area contributed by atoms with Crippen LogP contribution < -0.4 is 10.3 Å². The van der Waals surface area contributed by atoms with E-state index in [0.717, 1.165) is 14.9 Å². The van der Waals surface area contributed by atoms with E-state index >= 15 is 0 Å². The number of hydrogen-bond acceptors (Lipinski definition) is 6. The first-order chi connectivity index (χ1) is 13.3. The molecule has 1 aromatic carbocycles. The van der Waals surface area contributed by atoms with Crippen molar-refractivity contribution in [2.24, 2.45) is 0 Å². The summed E-state index contributed by atoms with van der Waals surface area (Å²) in [5.74, 6) is 0.174. The quantitative estimate of drug-likeness (QED) is 0.446. The molecule has 0 radical (unpaired) electrons. The molecule has 0 atom stereocenters. The van der Waals surface area contributed by atoms with Gasteiger partial charge in [-0.3, -0.25) is 4.79 Å². The standard InChI is InChI=1S/C20H19BrN2O4S/c1-5-27-20(25)14(9-12-8-13(21)6-7-15(12)26-4)17-22-18(24)16-10(2)11(3)28-19(16)23-17/h6-9H,5H2,1-4H3,(H,22,23,24)/b14-9-. The Kier molecular flexibility index (Phi) is 6.00. The van der Waals surface area contributed by atoms with Crippen molar-refractivity contribution in [3.8, 4) is 5.75 Å². The number of fused-ring (bicyclic) bond motifs is 1. The summed E-state index contributed by atoms with van der Waals surface area (Å²) in [6.07, 6.45) is 1.61. The van der Waals surface area contributed by atoms with E-state index in [1.807, 2.05) is 26.0 Å². The number of nitrogens with one attached hydrogen (secondary N) is 1. The van der Waals surface area contributed by atoms with Gasteiger partial charge in [-0.25, -0.2) is 9.78 Å². The molecule has 0 saturated carbocycles. The van der Waals surface area contributed by atoms with E-state index in [9.17, 15) is 9.59 Å². The summed E-state index contributed by atoms with van der Waals surface area (Å²) in [6.45, 7) is 5.75. The van der Waals surface area contributed by atoms with E-state index in [1.165, 1.54) is 11.3 Å². The number of aryl methyl sites for hydroxylation is 2. The van der Waals surface area contributed by atoms with E-state index in [4.69, 9.17) is 9.47 Å². The lowest BCUT2D eigenvalue weighted by atomic mass is 10.1. The molecular formula is C20H19BrN2O4S. The second kappa shape index (κ2) is 8.28. The van der Waals surface area contributed by atoms with Crippen molar-refractivity contribution in [1.82, 2.24) is 9.97 Å². The molecule has 0 aliphatic carbocycles. The van der Waals surface area contributed by atoms with Crippen LogP contribution in [-0.4, -0.2) is 29.7 Å². The maximum atomic E-state index is 12.7. The molecular weight excluding hydrogens is 444 g/mol. The molecule has 2 heterocycles. The number of H-pyrrole nitrogens is 1. The van der Waals surface area contributed by atoms with Crippen molar-refractivity contribution >= 4 is 55.1 Å². The highest BCUT2D eigenvalue weighted by molar-refractivity contribution is 9.10. The van der Waals surface area contributed by atoms with Crippen LogP contribution in [0.3, 0.4) is 0 Å². The zero-order valence-electron chi connectivity index (χ0n) is 15.9. The molecule has 6 nitrogen and oxygen atoms in total. The lowest BCUT2D eigenvalue weighted by Gasteiger charge is -2.09. The smallest absolute Gasteiger partial charge is 0.341 e. The number of nitrogens with zero attached hydrogens (tertiary/aromatic N) is 1. The summed E-state index contributed by atoms with van der Waals surface area (Å²) in [6, 6.07) is 5.43. The Morgan fingerprint density at radius 2 is 2.11 bits per heavy atom. The molecule has 0 saturated heterocycles. The van der Waals surface area contributed by atoms with Crippen molar-refractivity contribution < 1.29 is 14.3 Å². The van der Waals surface area contributed by atoms with Gasteiger partial charge in [-0.05, 0) is 50.6 Å². The summed E-state index contributed by atoms with van der Waals surface area (Å²) in [5.41, 5.74) is 1.43. The molecule has 3 rings (SSSR count). The first-order valence-electron chi connectivity index (χ1n) is 8.58. The van der Waals surface area contributed by atoms with E-state index in [-0.39, 0.29) is 23.6 Å². The first-order valence-corrected chi connectivity index (χ1v) is 10.2. The monoisotopic (exact) mass is 462 g/mol. The SMILES string of the molecule is CCOC(=O)/C(=C\c1cc(Br)ccc1OC)c1nc2sc(C)c(C)c2c(=O)[nH]1. The third-order valence-electron chi connectivity index (χ3n) is 4.28. The minimum absolute atomic E-state index is 0.154. The average Bonchev–Trinajstić information content (AvgIpc) is 2.94. The van der Waals surface area contributed by atoms with E-state index in [0.29, 0.717) is 21.5 Å². The van der Waals surface area contributed by atoms with Gasteiger partial charge in [0.1, 0.15) is 22.0 Å². The highest BCUT2D eigenvalue weighted by Crippen LogP contribution is 2.30. The number of rotatable bonds is 5. The van der Waals surface area contributed by atoms with Gasteiger partial charge in [-0.15, -0.1) is 11.3 Å². The Balaban J connectivity index is 2.25. The van der Waals surface area contributed by atoms with Crippen LogP contribution in [0, 0.1) is 13.8 Å². The number of thiophene rings is 1. The van der Waals surface area contributed by atoms with Gasteiger partial charge in [-0.1, -0.05) is 15.9 Å². The van der Waals surface area contributed by atoms with Crippen LogP contribution in [0.25, 0.3) is 21.9 Å². The number of esters is 1. The van der Waals surface area contributed by atoms with Crippen LogP contribution in [0.15, 0.2) is 27.5 Å².